The van der Waals surface area contributed by atoms with E-state index in [1.54, 1.807) is 31.2 Å². The van der Waals surface area contributed by atoms with Gasteiger partial charge in [-0.3, -0.25) is 0 Å². The van der Waals surface area contributed by atoms with Gasteiger partial charge in [-0.1, -0.05) is 6.07 Å². The van der Waals surface area contributed by atoms with Crippen LogP contribution in [-0.2, 0) is 0 Å². The number of carbonyl (C=O) groups is 1. The van der Waals surface area contributed by atoms with Gasteiger partial charge in [-0.25, -0.2) is 4.79 Å². The van der Waals surface area contributed by atoms with Crippen LogP contribution in [0.2, 0.25) is 0 Å². The Morgan fingerprint density at radius 3 is 2.50 bits per heavy atom. The molecule has 0 saturated heterocycles. The Balaban J connectivity index is 1.91. The zero-order chi connectivity index (χ0) is 16.1. The van der Waals surface area contributed by atoms with E-state index in [4.69, 9.17) is 4.74 Å². The second-order valence-electron chi connectivity index (χ2n) is 4.87. The number of benzene rings is 2. The molecule has 2 amide bonds. The van der Waals surface area contributed by atoms with Gasteiger partial charge in [0, 0.05) is 0 Å². The Labute approximate surface area is 128 Å². The average molecular weight is 302 g/mol. The Bertz CT molecular complexity index is 656. The molecule has 0 aliphatic carbocycles. The molecule has 0 aromatic heterocycles. The molecule has 0 heterocycles. The molecule has 0 bridgehead atoms. The Hall–Kier alpha value is -2.89. The monoisotopic (exact) mass is 302 g/mol. The fourth-order valence-electron chi connectivity index (χ4n) is 1.85. The smallest absolute Gasteiger partial charge is 0.322 e. The quantitative estimate of drug-likeness (QED) is 0.516. The minimum atomic E-state index is -0.587. The zero-order valence-electron chi connectivity index (χ0n) is 12.3. The standard InChI is InChI=1S/C16H18N2O4/c1-10-3-8-15(20)14(9-10)18-16(21)17-11(2)22-13-6-4-12(19)5-7-13/h3-9,11,19-20H,1-2H3,(H2,17,18,21). The number of amides is 2. The fourth-order valence-corrected chi connectivity index (χ4v) is 1.85. The van der Waals surface area contributed by atoms with Gasteiger partial charge in [-0.05, 0) is 55.8 Å². The number of aryl methyl sites for hydroxylation is 1. The van der Waals surface area contributed by atoms with Crippen LogP contribution in [0.1, 0.15) is 12.5 Å². The lowest BCUT2D eigenvalue weighted by Gasteiger charge is -2.17. The molecule has 0 spiro atoms. The minimum absolute atomic E-state index is 0.00661. The lowest BCUT2D eigenvalue weighted by Crippen LogP contribution is -2.39. The van der Waals surface area contributed by atoms with E-state index < -0.39 is 12.3 Å². The Kier molecular flexibility index (Phi) is 4.73. The molecule has 0 fully saturated rings. The number of hydrogen-bond donors (Lipinski definition) is 4. The van der Waals surface area contributed by atoms with E-state index in [0.29, 0.717) is 11.4 Å². The van der Waals surface area contributed by atoms with Crippen LogP contribution in [0.4, 0.5) is 10.5 Å². The summed E-state index contributed by atoms with van der Waals surface area (Å²) in [4.78, 5) is 11.9. The van der Waals surface area contributed by atoms with E-state index in [1.807, 2.05) is 6.92 Å². The van der Waals surface area contributed by atoms with Gasteiger partial charge in [-0.2, -0.15) is 0 Å². The van der Waals surface area contributed by atoms with Crippen LogP contribution in [0.25, 0.3) is 0 Å². The summed E-state index contributed by atoms with van der Waals surface area (Å²) in [6.07, 6.45) is -0.587. The largest absolute Gasteiger partial charge is 0.508 e. The first kappa shape index (κ1) is 15.5. The first-order valence-corrected chi connectivity index (χ1v) is 6.77. The van der Waals surface area contributed by atoms with Crippen molar-refractivity contribution in [3.05, 3.63) is 48.0 Å². The van der Waals surface area contributed by atoms with Crippen LogP contribution in [0.15, 0.2) is 42.5 Å². The predicted octanol–water partition coefficient (Wildman–Crippen LogP) is 2.95. The average Bonchev–Trinajstić information content (AvgIpc) is 2.45. The van der Waals surface area contributed by atoms with E-state index >= 15 is 0 Å². The van der Waals surface area contributed by atoms with Gasteiger partial charge in [0.25, 0.3) is 0 Å². The molecule has 2 aromatic carbocycles. The highest BCUT2D eigenvalue weighted by atomic mass is 16.5. The number of phenolic OH excluding ortho intramolecular Hbond substituents is 2. The summed E-state index contributed by atoms with van der Waals surface area (Å²) < 4.78 is 5.49. The number of anilines is 1. The lowest BCUT2D eigenvalue weighted by molar-refractivity contribution is 0.183. The van der Waals surface area contributed by atoms with E-state index in [-0.39, 0.29) is 11.5 Å². The maximum atomic E-state index is 11.9. The third-order valence-corrected chi connectivity index (χ3v) is 2.88. The SMILES string of the molecule is Cc1ccc(O)c(NC(=O)NC(C)Oc2ccc(O)cc2)c1. The summed E-state index contributed by atoms with van der Waals surface area (Å²) in [7, 11) is 0. The summed E-state index contributed by atoms with van der Waals surface area (Å²) >= 11 is 0. The van der Waals surface area contributed by atoms with Gasteiger partial charge in [0.2, 0.25) is 0 Å². The lowest BCUT2D eigenvalue weighted by atomic mass is 10.2. The van der Waals surface area contributed by atoms with Crippen molar-refractivity contribution in [3.63, 3.8) is 0 Å². The van der Waals surface area contributed by atoms with Crippen LogP contribution in [0.3, 0.4) is 0 Å². The van der Waals surface area contributed by atoms with Gasteiger partial charge >= 0.3 is 6.03 Å². The van der Waals surface area contributed by atoms with Crippen LogP contribution >= 0.6 is 0 Å². The van der Waals surface area contributed by atoms with Crippen molar-refractivity contribution in [2.24, 2.45) is 0 Å². The zero-order valence-corrected chi connectivity index (χ0v) is 12.3. The Morgan fingerprint density at radius 1 is 1.14 bits per heavy atom. The molecular formula is C16H18N2O4. The molecular weight excluding hydrogens is 284 g/mol. The minimum Gasteiger partial charge on any atom is -0.508 e. The number of rotatable bonds is 4. The molecule has 6 nitrogen and oxygen atoms in total. The molecule has 2 aromatic rings. The number of carbonyl (C=O) groups excluding carboxylic acids is 1. The molecule has 0 aliphatic rings. The highest BCUT2D eigenvalue weighted by Gasteiger charge is 2.10. The third kappa shape index (κ3) is 4.31. The summed E-state index contributed by atoms with van der Waals surface area (Å²) in [6, 6.07) is 10.6. The number of aromatic hydroxyl groups is 2. The van der Waals surface area contributed by atoms with Crippen molar-refractivity contribution in [1.29, 1.82) is 0 Å². The number of ether oxygens (including phenoxy) is 1. The molecule has 1 unspecified atom stereocenters. The van der Waals surface area contributed by atoms with Gasteiger partial charge in [-0.15, -0.1) is 0 Å². The molecule has 0 aliphatic heterocycles. The molecule has 6 heteroatoms. The highest BCUT2D eigenvalue weighted by molar-refractivity contribution is 5.91. The van der Waals surface area contributed by atoms with Crippen LogP contribution < -0.4 is 15.4 Å². The van der Waals surface area contributed by atoms with E-state index in [0.717, 1.165) is 5.56 Å². The maximum Gasteiger partial charge on any atom is 0.322 e. The summed E-state index contributed by atoms with van der Waals surface area (Å²) in [5, 5.41) is 24.0. The predicted molar refractivity (Wildman–Crippen MR) is 83.2 cm³/mol. The van der Waals surface area contributed by atoms with Crippen LogP contribution in [0, 0.1) is 6.92 Å². The van der Waals surface area contributed by atoms with Crippen molar-refractivity contribution in [3.8, 4) is 17.2 Å². The highest BCUT2D eigenvalue weighted by Crippen LogP contribution is 2.23. The van der Waals surface area contributed by atoms with E-state index in [2.05, 4.69) is 10.6 Å². The molecule has 116 valence electrons. The van der Waals surface area contributed by atoms with Crippen LogP contribution in [0.5, 0.6) is 17.2 Å². The topological polar surface area (TPSA) is 90.8 Å². The van der Waals surface area contributed by atoms with E-state index in [9.17, 15) is 15.0 Å². The second-order valence-corrected chi connectivity index (χ2v) is 4.87. The maximum absolute atomic E-state index is 11.9. The number of phenols is 2. The third-order valence-electron chi connectivity index (χ3n) is 2.88. The van der Waals surface area contributed by atoms with Gasteiger partial charge in [0.1, 0.15) is 17.2 Å². The van der Waals surface area contributed by atoms with Crippen molar-refractivity contribution in [2.75, 3.05) is 5.32 Å². The van der Waals surface area contributed by atoms with Gasteiger partial charge in [0.05, 0.1) is 5.69 Å². The van der Waals surface area contributed by atoms with Crippen molar-refractivity contribution in [1.82, 2.24) is 5.32 Å². The second kappa shape index (κ2) is 6.71. The molecule has 22 heavy (non-hydrogen) atoms. The first-order chi connectivity index (χ1) is 10.4. The summed E-state index contributed by atoms with van der Waals surface area (Å²) in [5.74, 6) is 0.650. The van der Waals surface area contributed by atoms with Crippen molar-refractivity contribution < 1.29 is 19.7 Å². The summed E-state index contributed by atoms with van der Waals surface area (Å²) in [5.41, 5.74) is 1.25. The number of urea groups is 1. The summed E-state index contributed by atoms with van der Waals surface area (Å²) in [6.45, 7) is 3.53. The molecule has 0 radical (unpaired) electrons. The molecule has 0 saturated carbocycles. The molecule has 4 N–H and O–H groups in total. The van der Waals surface area contributed by atoms with Gasteiger partial charge < -0.3 is 25.6 Å². The normalized spacial score (nSPS) is 11.5. The van der Waals surface area contributed by atoms with Gasteiger partial charge in [0.15, 0.2) is 6.23 Å². The molecule has 1 atom stereocenters. The number of hydrogen-bond acceptors (Lipinski definition) is 4. The van der Waals surface area contributed by atoms with Crippen molar-refractivity contribution in [2.45, 2.75) is 20.1 Å². The van der Waals surface area contributed by atoms with Crippen molar-refractivity contribution >= 4 is 11.7 Å². The van der Waals surface area contributed by atoms with Crippen LogP contribution in [-0.4, -0.2) is 22.5 Å². The Morgan fingerprint density at radius 2 is 1.82 bits per heavy atom. The van der Waals surface area contributed by atoms with E-state index in [1.165, 1.54) is 18.2 Å². The first-order valence-electron chi connectivity index (χ1n) is 6.77. The fraction of sp³-hybridized carbons (Fsp3) is 0.188. The number of nitrogens with one attached hydrogen (secondary N) is 2. The molecule has 2 rings (SSSR count).